The number of nitrogens with zero attached hydrogens (tertiary/aromatic N) is 3. The summed E-state index contributed by atoms with van der Waals surface area (Å²) in [6, 6.07) is 13.9. The molecule has 0 aliphatic rings. The average molecular weight is 419 g/mol. The van der Waals surface area contributed by atoms with Crippen molar-refractivity contribution < 1.29 is 4.57 Å². The summed E-state index contributed by atoms with van der Waals surface area (Å²) in [5.41, 5.74) is 7.21. The van der Waals surface area contributed by atoms with Gasteiger partial charge in [0.25, 0.3) is 0 Å². The predicted octanol–water partition coefficient (Wildman–Crippen LogP) is 5.23. The second kappa shape index (κ2) is 6.79. The number of thiazole rings is 1. The van der Waals surface area contributed by atoms with Gasteiger partial charge in [-0.3, -0.25) is 10.1 Å². The van der Waals surface area contributed by atoms with Crippen LogP contribution in [0.5, 0.6) is 0 Å². The first kappa shape index (κ1) is 18.0. The fourth-order valence-corrected chi connectivity index (χ4v) is 5.31. The predicted molar refractivity (Wildman–Crippen MR) is 121 cm³/mol. The molecule has 0 amide bonds. The van der Waals surface area contributed by atoms with E-state index in [9.17, 15) is 4.57 Å². The van der Waals surface area contributed by atoms with Crippen molar-refractivity contribution >= 4 is 56.3 Å². The number of benzene rings is 2. The Bertz CT molecular complexity index is 1390. The number of anilines is 2. The normalized spacial score (nSPS) is 11.9. The number of pyridine rings is 1. The molecule has 144 valence electrons. The summed E-state index contributed by atoms with van der Waals surface area (Å²) >= 11 is 1.62. The third-order valence-corrected chi connectivity index (χ3v) is 7.18. The maximum Gasteiger partial charge on any atom is 0.110 e. The lowest BCUT2D eigenvalue weighted by Crippen LogP contribution is -2.08. The van der Waals surface area contributed by atoms with Crippen molar-refractivity contribution in [1.29, 1.82) is 0 Å². The van der Waals surface area contributed by atoms with Gasteiger partial charge in [0.1, 0.15) is 7.14 Å². The first-order valence-electron chi connectivity index (χ1n) is 9.07. The molecule has 5 aromatic rings. The fourth-order valence-electron chi connectivity index (χ4n) is 3.45. The number of H-pyrrole nitrogens is 1. The second-order valence-corrected chi connectivity index (χ2v) is 11.3. The summed E-state index contributed by atoms with van der Waals surface area (Å²) in [5, 5.41) is 12.2. The van der Waals surface area contributed by atoms with Crippen LogP contribution >= 0.6 is 18.5 Å². The van der Waals surface area contributed by atoms with E-state index in [1.807, 2.05) is 41.9 Å². The molecule has 29 heavy (non-hydrogen) atoms. The Balaban J connectivity index is 1.67. The largest absolute Gasteiger partial charge is 0.355 e. The van der Waals surface area contributed by atoms with Crippen molar-refractivity contribution in [3.8, 4) is 11.3 Å². The molecule has 5 rings (SSSR count). The van der Waals surface area contributed by atoms with Gasteiger partial charge in [-0.25, -0.2) is 4.98 Å². The molecule has 0 bridgehead atoms. The average Bonchev–Trinajstić information content (AvgIpc) is 3.38. The van der Waals surface area contributed by atoms with Crippen molar-refractivity contribution in [2.24, 2.45) is 0 Å². The van der Waals surface area contributed by atoms with Crippen molar-refractivity contribution in [1.82, 2.24) is 20.2 Å². The Hall–Kier alpha value is -3.02. The summed E-state index contributed by atoms with van der Waals surface area (Å²) in [7, 11) is -2.54. The van der Waals surface area contributed by atoms with Crippen LogP contribution in [0.4, 0.5) is 11.4 Å². The minimum atomic E-state index is -2.54. The zero-order valence-electron chi connectivity index (χ0n) is 15.9. The van der Waals surface area contributed by atoms with Crippen molar-refractivity contribution in [2.75, 3.05) is 18.6 Å². The molecule has 0 saturated heterocycles. The van der Waals surface area contributed by atoms with Crippen LogP contribution in [0.2, 0.25) is 0 Å². The van der Waals surface area contributed by atoms with Crippen LogP contribution in [-0.2, 0) is 4.57 Å². The van der Waals surface area contributed by atoms with Crippen LogP contribution in [0, 0.1) is 0 Å². The Labute approximate surface area is 171 Å². The highest BCUT2D eigenvalue weighted by Gasteiger charge is 2.20. The van der Waals surface area contributed by atoms with E-state index in [1.165, 1.54) is 0 Å². The summed E-state index contributed by atoms with van der Waals surface area (Å²) in [6.45, 7) is 3.57. The van der Waals surface area contributed by atoms with Crippen LogP contribution in [-0.4, -0.2) is 33.5 Å². The van der Waals surface area contributed by atoms with Gasteiger partial charge in [-0.1, -0.05) is 0 Å². The number of fused-ring (bicyclic) bond motifs is 2. The molecule has 0 aliphatic carbocycles. The van der Waals surface area contributed by atoms with Crippen molar-refractivity contribution in [2.45, 2.75) is 0 Å². The third kappa shape index (κ3) is 3.33. The Kier molecular flexibility index (Phi) is 4.23. The van der Waals surface area contributed by atoms with Crippen molar-refractivity contribution in [3.05, 3.63) is 60.4 Å². The lowest BCUT2D eigenvalue weighted by Gasteiger charge is -2.16. The first-order chi connectivity index (χ1) is 14.0. The summed E-state index contributed by atoms with van der Waals surface area (Å²) in [6.07, 6.45) is 3.47. The molecule has 2 N–H and O–H groups in total. The number of aromatic nitrogens is 4. The van der Waals surface area contributed by atoms with E-state index in [-0.39, 0.29) is 0 Å². The molecule has 3 aromatic heterocycles. The molecule has 3 heterocycles. The molecule has 0 spiro atoms. The molecule has 6 nitrogen and oxygen atoms in total. The standard InChI is InChI=1S/C21H18N5OPS/c1-28(2,27)20-11-14-16(25-13-3-4-21-19(9-13)23-12-29-21)5-7-22-18(14)10-15(20)17-6-8-24-26-17/h3-12H,1-2H3,(H,22,25)(H,24,26). The third-order valence-electron chi connectivity index (χ3n) is 4.84. The molecule has 0 unspecified atom stereocenters. The SMILES string of the molecule is CP(C)(=O)c1cc2c(Nc3ccc4scnc4c3)ccnc2cc1-c1ccn[nH]1. The van der Waals surface area contributed by atoms with E-state index in [2.05, 4.69) is 31.5 Å². The molecule has 8 heteroatoms. The van der Waals surface area contributed by atoms with Crippen LogP contribution in [0.15, 0.2) is 60.4 Å². The number of hydrogen-bond acceptors (Lipinski definition) is 6. The minimum Gasteiger partial charge on any atom is -0.355 e. The smallest absolute Gasteiger partial charge is 0.110 e. The first-order valence-corrected chi connectivity index (χ1v) is 12.6. The molecule has 0 saturated carbocycles. The van der Waals surface area contributed by atoms with Gasteiger partial charge >= 0.3 is 0 Å². The molecule has 0 aliphatic heterocycles. The van der Waals surface area contributed by atoms with E-state index in [0.29, 0.717) is 0 Å². The van der Waals surface area contributed by atoms with Gasteiger partial charge < -0.3 is 9.88 Å². The van der Waals surface area contributed by atoms with Crippen molar-refractivity contribution in [3.63, 3.8) is 0 Å². The van der Waals surface area contributed by atoms with Gasteiger partial charge in [0.05, 0.1) is 26.9 Å². The highest BCUT2D eigenvalue weighted by Crippen LogP contribution is 2.41. The molecule has 0 fully saturated rings. The Morgan fingerprint density at radius 2 is 1.90 bits per heavy atom. The lowest BCUT2D eigenvalue weighted by atomic mass is 10.1. The zero-order chi connectivity index (χ0) is 20.0. The summed E-state index contributed by atoms with van der Waals surface area (Å²) < 4.78 is 14.2. The molecular formula is C21H18N5OPS. The molecular weight excluding hydrogens is 401 g/mol. The van der Waals surface area contributed by atoms with Gasteiger partial charge in [0.15, 0.2) is 0 Å². The van der Waals surface area contributed by atoms with Gasteiger partial charge in [-0.2, -0.15) is 5.10 Å². The van der Waals surface area contributed by atoms with Crippen LogP contribution < -0.4 is 10.6 Å². The van der Waals surface area contributed by atoms with Gasteiger partial charge in [0, 0.05) is 40.0 Å². The number of aromatic amines is 1. The van der Waals surface area contributed by atoms with E-state index < -0.39 is 7.14 Å². The minimum absolute atomic E-state index is 0.806. The lowest BCUT2D eigenvalue weighted by molar-refractivity contribution is 0.588. The number of rotatable bonds is 4. The Morgan fingerprint density at radius 3 is 2.69 bits per heavy atom. The van der Waals surface area contributed by atoms with Crippen LogP contribution in [0.3, 0.4) is 0 Å². The fraction of sp³-hybridized carbons (Fsp3) is 0.0952. The summed E-state index contributed by atoms with van der Waals surface area (Å²) in [5.74, 6) is 0. The maximum atomic E-state index is 13.1. The molecule has 0 radical (unpaired) electrons. The van der Waals surface area contributed by atoms with Crippen LogP contribution in [0.25, 0.3) is 32.4 Å². The van der Waals surface area contributed by atoms with E-state index >= 15 is 0 Å². The van der Waals surface area contributed by atoms with E-state index in [0.717, 1.165) is 49.1 Å². The zero-order valence-corrected chi connectivity index (χ0v) is 17.6. The van der Waals surface area contributed by atoms with Gasteiger partial charge in [-0.05, 0) is 55.8 Å². The molecule has 2 aromatic carbocycles. The highest BCUT2D eigenvalue weighted by molar-refractivity contribution is 7.70. The van der Waals surface area contributed by atoms with E-state index in [1.54, 1.807) is 37.1 Å². The number of hydrogen-bond donors (Lipinski definition) is 2. The Morgan fingerprint density at radius 1 is 1.00 bits per heavy atom. The quantitative estimate of drug-likeness (QED) is 0.390. The van der Waals surface area contributed by atoms with Gasteiger partial charge in [0.2, 0.25) is 0 Å². The summed E-state index contributed by atoms with van der Waals surface area (Å²) in [4.78, 5) is 8.93. The number of nitrogens with one attached hydrogen (secondary N) is 2. The molecule has 0 atom stereocenters. The second-order valence-electron chi connectivity index (χ2n) is 7.23. The van der Waals surface area contributed by atoms with Crippen LogP contribution in [0.1, 0.15) is 0 Å². The topological polar surface area (TPSA) is 83.6 Å². The van der Waals surface area contributed by atoms with E-state index in [4.69, 9.17) is 0 Å². The monoisotopic (exact) mass is 419 g/mol. The highest BCUT2D eigenvalue weighted by atomic mass is 32.1. The van der Waals surface area contributed by atoms with Gasteiger partial charge in [-0.15, -0.1) is 11.3 Å². The maximum absolute atomic E-state index is 13.1.